The fourth-order valence-corrected chi connectivity index (χ4v) is 4.68. The highest BCUT2D eigenvalue weighted by molar-refractivity contribution is 6.52. The molecule has 8 heteroatoms. The number of fused-ring (bicyclic) bond motifs is 1. The van der Waals surface area contributed by atoms with Gasteiger partial charge in [0.1, 0.15) is 11.5 Å². The zero-order valence-electron chi connectivity index (χ0n) is 18.8. The maximum atomic E-state index is 14.2. The van der Waals surface area contributed by atoms with Crippen LogP contribution >= 0.6 is 11.6 Å². The number of benzene rings is 4. The van der Waals surface area contributed by atoms with Crippen molar-refractivity contribution in [3.05, 3.63) is 112 Å². The lowest BCUT2D eigenvalue weighted by Gasteiger charge is -2.26. The van der Waals surface area contributed by atoms with Gasteiger partial charge in [0.15, 0.2) is 11.6 Å². The third-order valence-electron chi connectivity index (χ3n) is 6.17. The lowest BCUT2D eigenvalue weighted by molar-refractivity contribution is -0.132. The zero-order valence-corrected chi connectivity index (χ0v) is 19.6. The molecule has 1 atom stereocenters. The Kier molecular flexibility index (Phi) is 5.94. The van der Waals surface area contributed by atoms with E-state index in [0.717, 1.165) is 22.4 Å². The number of amides is 1. The molecular weight excluding hydrogens is 488 g/mol. The van der Waals surface area contributed by atoms with Crippen LogP contribution in [-0.4, -0.2) is 23.9 Å². The van der Waals surface area contributed by atoms with Crippen molar-refractivity contribution < 1.29 is 28.2 Å². The molecular formula is C28H18ClF2NO4. The van der Waals surface area contributed by atoms with E-state index in [2.05, 4.69) is 0 Å². The Hall–Kier alpha value is -4.23. The summed E-state index contributed by atoms with van der Waals surface area (Å²) in [5.74, 6) is -4.41. The van der Waals surface area contributed by atoms with Gasteiger partial charge in [0.2, 0.25) is 0 Å². The summed E-state index contributed by atoms with van der Waals surface area (Å²) in [6.07, 6.45) is 0. The molecule has 0 spiro atoms. The first kappa shape index (κ1) is 23.5. The quantitative estimate of drug-likeness (QED) is 0.198. The van der Waals surface area contributed by atoms with E-state index in [4.69, 9.17) is 16.3 Å². The molecule has 1 aliphatic heterocycles. The number of ether oxygens (including phenoxy) is 1. The second-order valence-electron chi connectivity index (χ2n) is 8.18. The van der Waals surface area contributed by atoms with Gasteiger partial charge in [-0.15, -0.1) is 0 Å². The fourth-order valence-electron chi connectivity index (χ4n) is 4.47. The molecule has 0 aliphatic carbocycles. The van der Waals surface area contributed by atoms with Crippen molar-refractivity contribution in [2.45, 2.75) is 6.04 Å². The summed E-state index contributed by atoms with van der Waals surface area (Å²) < 4.78 is 33.1. The normalized spacial score (nSPS) is 17.1. The van der Waals surface area contributed by atoms with Crippen LogP contribution in [0.15, 0.2) is 84.4 Å². The standard InChI is InChI=1S/C28H18ClF2NO4/c1-36-17-10-11-21(29)20(14-17)26(33)24-25(19-8-4-6-15-5-2-3-7-18(15)19)32(28(35)27(24)34)16-9-12-22(30)23(31)13-16/h2-14,25,33H,1H3/b26-24+. The number of anilines is 1. The lowest BCUT2D eigenvalue weighted by atomic mass is 9.91. The molecule has 1 heterocycles. The van der Waals surface area contributed by atoms with Gasteiger partial charge in [-0.25, -0.2) is 8.78 Å². The average Bonchev–Trinajstić information content (AvgIpc) is 3.15. The number of carbonyl (C=O) groups is 2. The zero-order chi connectivity index (χ0) is 25.6. The average molecular weight is 506 g/mol. The Morgan fingerprint density at radius 3 is 2.44 bits per heavy atom. The molecule has 0 aromatic heterocycles. The van der Waals surface area contributed by atoms with Gasteiger partial charge in [-0.2, -0.15) is 0 Å². The van der Waals surface area contributed by atoms with Gasteiger partial charge in [-0.3, -0.25) is 14.5 Å². The Balaban J connectivity index is 1.83. The van der Waals surface area contributed by atoms with Crippen molar-refractivity contribution in [2.24, 2.45) is 0 Å². The van der Waals surface area contributed by atoms with Gasteiger partial charge in [0, 0.05) is 17.3 Å². The maximum absolute atomic E-state index is 14.2. The third kappa shape index (κ3) is 3.78. The number of aliphatic hydroxyl groups excluding tert-OH is 1. The smallest absolute Gasteiger partial charge is 0.300 e. The lowest BCUT2D eigenvalue weighted by Crippen LogP contribution is -2.29. The summed E-state index contributed by atoms with van der Waals surface area (Å²) in [5, 5.41) is 13.0. The van der Waals surface area contributed by atoms with E-state index in [0.29, 0.717) is 16.7 Å². The van der Waals surface area contributed by atoms with Crippen LogP contribution in [0.4, 0.5) is 14.5 Å². The van der Waals surface area contributed by atoms with Crippen LogP contribution in [0.2, 0.25) is 5.02 Å². The van der Waals surface area contributed by atoms with Gasteiger partial charge in [0.25, 0.3) is 11.7 Å². The molecule has 0 radical (unpaired) electrons. The molecule has 1 saturated heterocycles. The Morgan fingerprint density at radius 2 is 1.69 bits per heavy atom. The van der Waals surface area contributed by atoms with Gasteiger partial charge < -0.3 is 9.84 Å². The Labute approximate surface area is 209 Å². The van der Waals surface area contributed by atoms with Crippen LogP contribution in [0.1, 0.15) is 17.2 Å². The van der Waals surface area contributed by atoms with Crippen LogP contribution in [0.5, 0.6) is 5.75 Å². The summed E-state index contributed by atoms with van der Waals surface area (Å²) in [6.45, 7) is 0. The summed E-state index contributed by atoms with van der Waals surface area (Å²) in [6, 6.07) is 19.0. The van der Waals surface area contributed by atoms with Crippen molar-refractivity contribution in [1.29, 1.82) is 0 Å². The van der Waals surface area contributed by atoms with Crippen molar-refractivity contribution in [3.63, 3.8) is 0 Å². The molecule has 1 fully saturated rings. The molecule has 36 heavy (non-hydrogen) atoms. The number of ketones is 1. The van der Waals surface area contributed by atoms with Gasteiger partial charge in [0.05, 0.1) is 23.7 Å². The first-order chi connectivity index (χ1) is 17.3. The maximum Gasteiger partial charge on any atom is 0.300 e. The van der Waals surface area contributed by atoms with Crippen molar-refractivity contribution in [2.75, 3.05) is 12.0 Å². The summed E-state index contributed by atoms with van der Waals surface area (Å²) >= 11 is 6.34. The van der Waals surface area contributed by atoms with Gasteiger partial charge >= 0.3 is 0 Å². The number of halogens is 3. The van der Waals surface area contributed by atoms with Gasteiger partial charge in [-0.1, -0.05) is 54.1 Å². The second kappa shape index (κ2) is 9.09. The molecule has 5 rings (SSSR count). The minimum Gasteiger partial charge on any atom is -0.507 e. The second-order valence-corrected chi connectivity index (χ2v) is 8.59. The topological polar surface area (TPSA) is 66.8 Å². The number of hydrogen-bond donors (Lipinski definition) is 1. The minimum atomic E-state index is -1.18. The van der Waals surface area contributed by atoms with Crippen LogP contribution in [0.3, 0.4) is 0 Å². The van der Waals surface area contributed by atoms with E-state index in [1.54, 1.807) is 24.3 Å². The van der Waals surface area contributed by atoms with E-state index < -0.39 is 35.1 Å². The number of nitrogens with zero attached hydrogens (tertiary/aromatic N) is 1. The van der Waals surface area contributed by atoms with E-state index in [1.807, 2.05) is 24.3 Å². The van der Waals surface area contributed by atoms with E-state index in [1.165, 1.54) is 25.3 Å². The molecule has 0 saturated carbocycles. The Bertz CT molecular complexity index is 1580. The molecule has 1 N–H and O–H groups in total. The van der Waals surface area contributed by atoms with Crippen LogP contribution in [0.25, 0.3) is 16.5 Å². The van der Waals surface area contributed by atoms with E-state index >= 15 is 0 Å². The Morgan fingerprint density at radius 1 is 0.944 bits per heavy atom. The fraction of sp³-hybridized carbons (Fsp3) is 0.0714. The highest BCUT2D eigenvalue weighted by atomic mass is 35.5. The van der Waals surface area contributed by atoms with Crippen molar-refractivity contribution in [3.8, 4) is 5.75 Å². The van der Waals surface area contributed by atoms with E-state index in [-0.39, 0.29) is 21.8 Å². The minimum absolute atomic E-state index is 0.0373. The molecule has 1 aliphatic rings. The number of rotatable bonds is 4. The first-order valence-corrected chi connectivity index (χ1v) is 11.3. The summed E-state index contributed by atoms with van der Waals surface area (Å²) in [4.78, 5) is 27.8. The monoisotopic (exact) mass is 505 g/mol. The molecule has 5 nitrogen and oxygen atoms in total. The highest BCUT2D eigenvalue weighted by Crippen LogP contribution is 2.45. The molecule has 4 aromatic rings. The van der Waals surface area contributed by atoms with Crippen LogP contribution in [0, 0.1) is 11.6 Å². The SMILES string of the molecule is COc1ccc(Cl)c(/C(O)=C2\C(=O)C(=O)N(c3ccc(F)c(F)c3)C2c2cccc3ccccc23)c1. The number of aliphatic hydroxyl groups is 1. The molecule has 4 aromatic carbocycles. The first-order valence-electron chi connectivity index (χ1n) is 10.9. The molecule has 0 bridgehead atoms. The largest absolute Gasteiger partial charge is 0.507 e. The van der Waals surface area contributed by atoms with E-state index in [9.17, 15) is 23.5 Å². The summed E-state index contributed by atoms with van der Waals surface area (Å²) in [7, 11) is 1.44. The van der Waals surface area contributed by atoms with Crippen LogP contribution < -0.4 is 9.64 Å². The highest BCUT2D eigenvalue weighted by Gasteiger charge is 2.47. The molecule has 1 unspecified atom stereocenters. The van der Waals surface area contributed by atoms with Crippen molar-refractivity contribution >= 4 is 45.5 Å². The predicted octanol–water partition coefficient (Wildman–Crippen LogP) is 6.41. The van der Waals surface area contributed by atoms with Gasteiger partial charge in [-0.05, 0) is 46.7 Å². The predicted molar refractivity (Wildman–Crippen MR) is 133 cm³/mol. The molecule has 180 valence electrons. The van der Waals surface area contributed by atoms with Crippen molar-refractivity contribution in [1.82, 2.24) is 0 Å². The third-order valence-corrected chi connectivity index (χ3v) is 6.50. The molecule has 1 amide bonds. The van der Waals surface area contributed by atoms with Crippen LogP contribution in [-0.2, 0) is 9.59 Å². The number of methoxy groups -OCH3 is 1. The number of Topliss-reactive ketones (excluding diaryl/α,β-unsaturated/α-hetero) is 1. The number of hydrogen-bond acceptors (Lipinski definition) is 4. The summed E-state index contributed by atoms with van der Waals surface area (Å²) in [5.41, 5.74) is 0.322. The number of carbonyl (C=O) groups excluding carboxylic acids is 2.